The Kier molecular flexibility index (Phi) is 6.37. The molecule has 1 N–H and O–H groups in total. The van der Waals surface area contributed by atoms with E-state index in [1.165, 1.54) is 0 Å². The fourth-order valence-corrected chi connectivity index (χ4v) is 1.51. The lowest BCUT2D eigenvalue weighted by Crippen LogP contribution is -1.96. The molecule has 0 radical (unpaired) electrons. The topological polar surface area (TPSA) is 49.7 Å². The van der Waals surface area contributed by atoms with Gasteiger partial charge in [-0.25, -0.2) is 4.21 Å². The summed E-state index contributed by atoms with van der Waals surface area (Å²) in [6, 6.07) is 9.96. The van der Waals surface area contributed by atoms with Crippen LogP contribution in [0.25, 0.3) is 6.08 Å². The molecule has 16 heavy (non-hydrogen) atoms. The van der Waals surface area contributed by atoms with Gasteiger partial charge in [0.15, 0.2) is 11.1 Å². The highest BCUT2D eigenvalue weighted by Gasteiger charge is 1.90. The molecule has 0 aromatic heterocycles. The zero-order valence-electron chi connectivity index (χ0n) is 8.95. The molecule has 0 saturated carbocycles. The molecule has 0 heterocycles. The summed E-state index contributed by atoms with van der Waals surface area (Å²) in [4.78, 5) is 4.10. The zero-order chi connectivity index (χ0) is 11.6. The first-order valence-corrected chi connectivity index (χ1v) is 6.35. The van der Waals surface area contributed by atoms with Crippen LogP contribution in [0.1, 0.15) is 12.0 Å². The van der Waals surface area contributed by atoms with Gasteiger partial charge in [-0.15, -0.1) is 0 Å². The van der Waals surface area contributed by atoms with Crippen molar-refractivity contribution in [3.63, 3.8) is 0 Å². The monoisotopic (exact) mass is 237 g/mol. The predicted molar refractivity (Wildman–Crippen MR) is 69.1 cm³/mol. The van der Waals surface area contributed by atoms with Crippen LogP contribution >= 0.6 is 0 Å². The van der Waals surface area contributed by atoms with E-state index in [2.05, 4.69) is 4.99 Å². The van der Waals surface area contributed by atoms with Crippen LogP contribution in [0, 0.1) is 0 Å². The smallest absolute Gasteiger partial charge is 0.152 e. The molecule has 1 unspecified atom stereocenters. The molecular formula is C12H15NO2S. The molecule has 1 atom stereocenters. The van der Waals surface area contributed by atoms with E-state index in [0.29, 0.717) is 18.7 Å². The molecule has 0 aliphatic carbocycles. The molecule has 1 rings (SSSR count). The molecule has 0 bridgehead atoms. The van der Waals surface area contributed by atoms with Gasteiger partial charge >= 0.3 is 0 Å². The van der Waals surface area contributed by atoms with Crippen LogP contribution in [0.5, 0.6) is 0 Å². The maximum absolute atomic E-state index is 10.3. The summed E-state index contributed by atoms with van der Waals surface area (Å²) in [5.74, 6) is 0.291. The molecule has 0 aliphatic heterocycles. The third-order valence-corrected chi connectivity index (χ3v) is 2.52. The molecule has 4 heteroatoms. The minimum absolute atomic E-state index is 0.291. The van der Waals surface area contributed by atoms with E-state index in [9.17, 15) is 4.21 Å². The summed E-state index contributed by atoms with van der Waals surface area (Å²) in [5.41, 5.74) is 1.13. The Bertz CT molecular complexity index is 374. The number of benzene rings is 1. The van der Waals surface area contributed by atoms with Gasteiger partial charge in [0.2, 0.25) is 0 Å². The van der Waals surface area contributed by atoms with Crippen molar-refractivity contribution in [2.24, 2.45) is 4.99 Å². The number of hydrogen-bond acceptors (Lipinski definition) is 2. The Labute approximate surface area is 98.2 Å². The van der Waals surface area contributed by atoms with E-state index in [4.69, 9.17) is 4.55 Å². The first kappa shape index (κ1) is 12.8. The predicted octanol–water partition coefficient (Wildman–Crippen LogP) is 2.38. The zero-order valence-corrected chi connectivity index (χ0v) is 9.77. The van der Waals surface area contributed by atoms with Crippen molar-refractivity contribution in [2.45, 2.75) is 6.42 Å². The Hall–Kier alpha value is -1.26. The maximum atomic E-state index is 10.3. The van der Waals surface area contributed by atoms with Gasteiger partial charge in [0.1, 0.15) is 0 Å². The van der Waals surface area contributed by atoms with Crippen molar-refractivity contribution >= 4 is 23.4 Å². The summed E-state index contributed by atoms with van der Waals surface area (Å²) in [6.07, 6.45) is 6.19. The second-order valence-corrected chi connectivity index (χ2v) is 4.26. The molecule has 0 aliphatic rings. The van der Waals surface area contributed by atoms with Crippen LogP contribution in [0.2, 0.25) is 0 Å². The first-order chi connectivity index (χ1) is 7.79. The third kappa shape index (κ3) is 6.27. The van der Waals surface area contributed by atoms with Crippen LogP contribution in [0.4, 0.5) is 0 Å². The molecule has 1 aromatic rings. The van der Waals surface area contributed by atoms with E-state index in [-0.39, 0.29) is 0 Å². The molecule has 0 saturated heterocycles. The lowest BCUT2D eigenvalue weighted by atomic mass is 10.2. The van der Waals surface area contributed by atoms with Gasteiger partial charge in [-0.3, -0.25) is 4.99 Å². The third-order valence-electron chi connectivity index (χ3n) is 1.89. The van der Waals surface area contributed by atoms with E-state index in [1.54, 1.807) is 6.21 Å². The number of rotatable bonds is 6. The summed E-state index contributed by atoms with van der Waals surface area (Å²) in [6.45, 7) is 0.589. The fraction of sp³-hybridized carbons (Fsp3) is 0.250. The molecular weight excluding hydrogens is 222 g/mol. The highest BCUT2D eigenvalue weighted by molar-refractivity contribution is 7.79. The minimum Gasteiger partial charge on any atom is -0.306 e. The molecule has 1 aromatic carbocycles. The van der Waals surface area contributed by atoms with Gasteiger partial charge < -0.3 is 4.55 Å². The number of aliphatic imine (C=N–C) groups is 1. The quantitative estimate of drug-likeness (QED) is 0.469. The molecule has 86 valence electrons. The number of hydrogen-bond donors (Lipinski definition) is 1. The molecule has 3 nitrogen and oxygen atoms in total. The minimum atomic E-state index is -1.69. The van der Waals surface area contributed by atoms with Crippen molar-refractivity contribution in [1.82, 2.24) is 0 Å². The van der Waals surface area contributed by atoms with Gasteiger partial charge in [-0.1, -0.05) is 36.4 Å². The maximum Gasteiger partial charge on any atom is 0.152 e. The highest BCUT2D eigenvalue weighted by Crippen LogP contribution is 1.99. The summed E-state index contributed by atoms with van der Waals surface area (Å²) < 4.78 is 18.8. The van der Waals surface area contributed by atoms with Crippen molar-refractivity contribution in [1.29, 1.82) is 0 Å². The second-order valence-electron chi connectivity index (χ2n) is 3.20. The van der Waals surface area contributed by atoms with Crippen molar-refractivity contribution < 1.29 is 8.76 Å². The Morgan fingerprint density at radius 3 is 2.75 bits per heavy atom. The summed E-state index contributed by atoms with van der Waals surface area (Å²) in [7, 11) is 0. The molecule has 0 spiro atoms. The van der Waals surface area contributed by atoms with Gasteiger partial charge in [-0.05, 0) is 18.1 Å². The van der Waals surface area contributed by atoms with Crippen molar-refractivity contribution in [3.05, 3.63) is 42.0 Å². The van der Waals surface area contributed by atoms with Crippen LogP contribution in [0.3, 0.4) is 0 Å². The summed E-state index contributed by atoms with van der Waals surface area (Å²) in [5, 5.41) is 0. The Balaban J connectivity index is 2.21. The van der Waals surface area contributed by atoms with Gasteiger partial charge in [0.25, 0.3) is 0 Å². The van der Waals surface area contributed by atoms with E-state index in [0.717, 1.165) is 5.56 Å². The SMILES string of the molecule is O=S(O)CCC/N=C/C=C/c1ccccc1. The van der Waals surface area contributed by atoms with E-state index < -0.39 is 11.1 Å². The van der Waals surface area contributed by atoms with Crippen LogP contribution in [-0.2, 0) is 11.1 Å². The van der Waals surface area contributed by atoms with Gasteiger partial charge in [-0.2, -0.15) is 0 Å². The lowest BCUT2D eigenvalue weighted by Gasteiger charge is -1.90. The first-order valence-electron chi connectivity index (χ1n) is 5.08. The van der Waals surface area contributed by atoms with Crippen LogP contribution < -0.4 is 0 Å². The van der Waals surface area contributed by atoms with Crippen LogP contribution in [0.15, 0.2) is 41.4 Å². The van der Waals surface area contributed by atoms with Gasteiger partial charge in [0, 0.05) is 12.8 Å². The largest absolute Gasteiger partial charge is 0.306 e. The van der Waals surface area contributed by atoms with E-state index in [1.807, 2.05) is 42.5 Å². The molecule has 0 fully saturated rings. The van der Waals surface area contributed by atoms with Crippen molar-refractivity contribution in [3.8, 4) is 0 Å². The van der Waals surface area contributed by atoms with E-state index >= 15 is 0 Å². The number of allylic oxidation sites excluding steroid dienone is 1. The average molecular weight is 237 g/mol. The highest BCUT2D eigenvalue weighted by atomic mass is 32.2. The van der Waals surface area contributed by atoms with Crippen molar-refractivity contribution in [2.75, 3.05) is 12.3 Å². The average Bonchev–Trinajstić information content (AvgIpc) is 2.29. The molecule has 0 amide bonds. The van der Waals surface area contributed by atoms with Crippen LogP contribution in [-0.4, -0.2) is 27.3 Å². The summed E-state index contributed by atoms with van der Waals surface area (Å²) >= 11 is -1.69. The Morgan fingerprint density at radius 1 is 1.31 bits per heavy atom. The lowest BCUT2D eigenvalue weighted by molar-refractivity contribution is 0.562. The van der Waals surface area contributed by atoms with Gasteiger partial charge in [0.05, 0.1) is 5.75 Å². The fourth-order valence-electron chi connectivity index (χ4n) is 1.13. The standard InChI is InChI=1S/C12H15NO2S/c14-16(15)11-5-10-13-9-4-8-12-6-2-1-3-7-12/h1-4,6-9H,5,10-11H2,(H,14,15)/b8-4+,13-9+. The second kappa shape index (κ2) is 7.96. The number of nitrogens with zero attached hydrogens (tertiary/aromatic N) is 1. The Morgan fingerprint density at radius 2 is 2.06 bits per heavy atom. The normalized spacial score (nSPS) is 13.6.